The average molecular weight is 277 g/mol. The molecule has 3 heteroatoms. The fraction of sp³-hybridized carbons (Fsp3) is 0.333. The number of hydrogen-bond acceptors (Lipinski definition) is 2. The Morgan fingerprint density at radius 2 is 2.19 bits per heavy atom. The summed E-state index contributed by atoms with van der Waals surface area (Å²) in [5, 5.41) is 13.9. The van der Waals surface area contributed by atoms with Crippen LogP contribution < -0.4 is 0 Å². The summed E-state index contributed by atoms with van der Waals surface area (Å²) >= 11 is 0. The molecule has 0 N–H and O–H groups in total. The molecule has 0 saturated carbocycles. The summed E-state index contributed by atoms with van der Waals surface area (Å²) in [5.74, 6) is 0.973. The van der Waals surface area contributed by atoms with Gasteiger partial charge in [-0.1, -0.05) is 43.3 Å². The van der Waals surface area contributed by atoms with Crippen LogP contribution in [0.4, 0.5) is 0 Å². The van der Waals surface area contributed by atoms with Crippen LogP contribution in [0.1, 0.15) is 41.8 Å². The van der Waals surface area contributed by atoms with Gasteiger partial charge in [-0.25, -0.2) is 0 Å². The molecule has 1 unspecified atom stereocenters. The molecular weight excluding hydrogens is 258 g/mol. The maximum Gasteiger partial charge on any atom is 0.165 e. The van der Waals surface area contributed by atoms with Crippen molar-refractivity contribution in [3.63, 3.8) is 0 Å². The summed E-state index contributed by atoms with van der Waals surface area (Å²) in [6.45, 7) is 6.82. The van der Waals surface area contributed by atoms with E-state index in [1.807, 2.05) is 29.0 Å². The minimum Gasteiger partial charge on any atom is -0.263 e. The molecule has 3 nitrogen and oxygen atoms in total. The predicted octanol–water partition coefficient (Wildman–Crippen LogP) is 3.65. The highest BCUT2D eigenvalue weighted by Gasteiger charge is 2.34. The first-order chi connectivity index (χ1) is 10.2. The third kappa shape index (κ3) is 2.38. The van der Waals surface area contributed by atoms with Gasteiger partial charge in [0.2, 0.25) is 0 Å². The molecule has 1 aliphatic carbocycles. The highest BCUT2D eigenvalue weighted by Crippen LogP contribution is 2.41. The van der Waals surface area contributed by atoms with Gasteiger partial charge in [-0.2, -0.15) is 10.4 Å². The van der Waals surface area contributed by atoms with E-state index in [1.165, 1.54) is 11.3 Å². The summed E-state index contributed by atoms with van der Waals surface area (Å²) < 4.78 is 2.02. The second kappa shape index (κ2) is 5.57. The van der Waals surface area contributed by atoms with Crippen LogP contribution in [0.25, 0.3) is 0 Å². The first kappa shape index (κ1) is 13.6. The number of nitrogens with zero attached hydrogens (tertiary/aromatic N) is 3. The zero-order valence-electron chi connectivity index (χ0n) is 12.3. The summed E-state index contributed by atoms with van der Waals surface area (Å²) in [5.41, 5.74) is 4.20. The van der Waals surface area contributed by atoms with E-state index < -0.39 is 0 Å². The Bertz CT molecular complexity index is 691. The highest BCUT2D eigenvalue weighted by molar-refractivity contribution is 5.41. The van der Waals surface area contributed by atoms with Gasteiger partial charge in [-0.05, 0) is 24.3 Å². The van der Waals surface area contributed by atoms with Gasteiger partial charge < -0.3 is 0 Å². The van der Waals surface area contributed by atoms with Crippen molar-refractivity contribution >= 4 is 0 Å². The first-order valence-electron chi connectivity index (χ1n) is 7.39. The van der Waals surface area contributed by atoms with Crippen molar-refractivity contribution < 1.29 is 0 Å². The lowest BCUT2D eigenvalue weighted by atomic mass is 9.93. The quantitative estimate of drug-likeness (QED) is 0.800. The van der Waals surface area contributed by atoms with Crippen LogP contribution in [0.15, 0.2) is 43.0 Å². The normalized spacial score (nSPS) is 20.0. The molecule has 1 aliphatic rings. The second-order valence-corrected chi connectivity index (χ2v) is 5.74. The van der Waals surface area contributed by atoms with E-state index >= 15 is 0 Å². The molecule has 106 valence electrons. The van der Waals surface area contributed by atoms with Gasteiger partial charge in [0, 0.05) is 17.2 Å². The Balaban J connectivity index is 1.97. The summed E-state index contributed by atoms with van der Waals surface area (Å²) in [6, 6.07) is 12.5. The highest BCUT2D eigenvalue weighted by atomic mass is 15.3. The fourth-order valence-electron chi connectivity index (χ4n) is 3.35. The standard InChI is InChI=1S/C18H19N3/c1-3-7-15-10-16-17(11-19)20-21(18(16)13(15)2)12-14-8-5-4-6-9-14/h3-6,8-9,13,15H,1,7,10,12H2,2H3/t13-,15?/m1/s1. The Morgan fingerprint density at radius 3 is 2.86 bits per heavy atom. The Morgan fingerprint density at radius 1 is 1.43 bits per heavy atom. The van der Waals surface area contributed by atoms with Gasteiger partial charge in [-0.3, -0.25) is 4.68 Å². The van der Waals surface area contributed by atoms with E-state index in [4.69, 9.17) is 0 Å². The molecule has 2 atom stereocenters. The fourth-order valence-corrected chi connectivity index (χ4v) is 3.35. The predicted molar refractivity (Wildman–Crippen MR) is 82.9 cm³/mol. The number of aromatic nitrogens is 2. The molecule has 1 heterocycles. The summed E-state index contributed by atoms with van der Waals surface area (Å²) in [6.07, 6.45) is 3.92. The van der Waals surface area contributed by atoms with Crippen molar-refractivity contribution in [2.75, 3.05) is 0 Å². The molecule has 21 heavy (non-hydrogen) atoms. The largest absolute Gasteiger partial charge is 0.263 e. The number of nitriles is 1. The zero-order chi connectivity index (χ0) is 14.8. The number of rotatable bonds is 4. The maximum absolute atomic E-state index is 9.34. The van der Waals surface area contributed by atoms with Gasteiger partial charge in [0.15, 0.2) is 5.69 Å². The van der Waals surface area contributed by atoms with E-state index in [2.05, 4.69) is 36.8 Å². The van der Waals surface area contributed by atoms with E-state index in [9.17, 15) is 5.26 Å². The van der Waals surface area contributed by atoms with Crippen LogP contribution in [-0.4, -0.2) is 9.78 Å². The van der Waals surface area contributed by atoms with Crippen LogP contribution in [-0.2, 0) is 13.0 Å². The lowest BCUT2D eigenvalue weighted by Gasteiger charge is -2.16. The minimum atomic E-state index is 0.427. The van der Waals surface area contributed by atoms with Crippen LogP contribution in [0.2, 0.25) is 0 Å². The molecule has 0 saturated heterocycles. The Kier molecular flexibility index (Phi) is 3.62. The molecule has 0 amide bonds. The maximum atomic E-state index is 9.34. The lowest BCUT2D eigenvalue weighted by molar-refractivity contribution is 0.460. The SMILES string of the molecule is C=CCC1Cc2c(C#N)nn(Cc3ccccc3)c2[C@@H]1C. The van der Waals surface area contributed by atoms with Crippen molar-refractivity contribution in [2.24, 2.45) is 5.92 Å². The van der Waals surface area contributed by atoms with Crippen molar-refractivity contribution in [1.82, 2.24) is 9.78 Å². The van der Waals surface area contributed by atoms with Crippen molar-refractivity contribution in [3.05, 3.63) is 65.5 Å². The number of fused-ring (bicyclic) bond motifs is 1. The number of hydrogen-bond donors (Lipinski definition) is 0. The molecule has 0 radical (unpaired) electrons. The van der Waals surface area contributed by atoms with Crippen molar-refractivity contribution in [1.29, 1.82) is 5.26 Å². The molecule has 2 aromatic rings. The van der Waals surface area contributed by atoms with E-state index in [0.29, 0.717) is 17.5 Å². The van der Waals surface area contributed by atoms with Gasteiger partial charge in [0.05, 0.1) is 6.54 Å². The summed E-state index contributed by atoms with van der Waals surface area (Å²) in [4.78, 5) is 0. The van der Waals surface area contributed by atoms with Gasteiger partial charge >= 0.3 is 0 Å². The number of benzene rings is 1. The first-order valence-corrected chi connectivity index (χ1v) is 7.39. The zero-order valence-corrected chi connectivity index (χ0v) is 12.3. The molecule has 0 aliphatic heterocycles. The van der Waals surface area contributed by atoms with E-state index in [1.54, 1.807) is 0 Å². The van der Waals surface area contributed by atoms with E-state index in [0.717, 1.165) is 24.9 Å². The second-order valence-electron chi connectivity index (χ2n) is 5.74. The molecular formula is C18H19N3. The molecule has 0 spiro atoms. The monoisotopic (exact) mass is 277 g/mol. The van der Waals surface area contributed by atoms with Crippen molar-refractivity contribution in [3.8, 4) is 6.07 Å². The molecule has 3 rings (SSSR count). The van der Waals surface area contributed by atoms with Gasteiger partial charge in [-0.15, -0.1) is 6.58 Å². The van der Waals surface area contributed by atoms with Crippen LogP contribution in [0, 0.1) is 17.2 Å². The van der Waals surface area contributed by atoms with Gasteiger partial charge in [0.1, 0.15) is 6.07 Å². The van der Waals surface area contributed by atoms with Crippen LogP contribution in [0.3, 0.4) is 0 Å². The third-order valence-electron chi connectivity index (χ3n) is 4.45. The molecule has 1 aromatic heterocycles. The topological polar surface area (TPSA) is 41.6 Å². The van der Waals surface area contributed by atoms with Crippen molar-refractivity contribution in [2.45, 2.75) is 32.2 Å². The van der Waals surface area contributed by atoms with E-state index in [-0.39, 0.29) is 0 Å². The minimum absolute atomic E-state index is 0.427. The smallest absolute Gasteiger partial charge is 0.165 e. The third-order valence-corrected chi connectivity index (χ3v) is 4.45. The molecule has 1 aromatic carbocycles. The Labute approximate surface area is 125 Å². The molecule has 0 fully saturated rings. The summed E-state index contributed by atoms with van der Waals surface area (Å²) in [7, 11) is 0. The van der Waals surface area contributed by atoms with Gasteiger partial charge in [0.25, 0.3) is 0 Å². The average Bonchev–Trinajstić information content (AvgIpc) is 3.00. The van der Waals surface area contributed by atoms with Crippen LogP contribution >= 0.6 is 0 Å². The molecule has 0 bridgehead atoms. The lowest BCUT2D eigenvalue weighted by Crippen LogP contribution is -2.12. The number of allylic oxidation sites excluding steroid dienone is 1. The Hall–Kier alpha value is -2.34. The van der Waals surface area contributed by atoms with Crippen LogP contribution in [0.5, 0.6) is 0 Å².